The minimum Gasteiger partial charge on any atom is -0.330 e. The Morgan fingerprint density at radius 3 is 2.60 bits per heavy atom. The van der Waals surface area contributed by atoms with E-state index in [-0.39, 0.29) is 12.1 Å². The molecule has 0 aromatic heterocycles. The van der Waals surface area contributed by atoms with Gasteiger partial charge in [-0.2, -0.15) is 4.39 Å². The predicted octanol–water partition coefficient (Wildman–Crippen LogP) is 1.94. The topological polar surface area (TPSA) is 69.2 Å². The smallest absolute Gasteiger partial charge is 0.305 e. The molecule has 0 spiro atoms. The third-order valence-corrected chi connectivity index (χ3v) is 2.15. The summed E-state index contributed by atoms with van der Waals surface area (Å²) in [6.45, 7) is 1.53. The van der Waals surface area contributed by atoms with Crippen molar-refractivity contribution in [3.05, 3.63) is 39.4 Å². The lowest BCUT2D eigenvalue weighted by Crippen LogP contribution is -2.13. The van der Waals surface area contributed by atoms with Crippen molar-refractivity contribution in [2.24, 2.45) is 5.73 Å². The summed E-state index contributed by atoms with van der Waals surface area (Å²) in [6.07, 6.45) is 0. The molecule has 1 aromatic rings. The molecule has 0 aliphatic heterocycles. The molecule has 0 saturated carbocycles. The van der Waals surface area contributed by atoms with E-state index in [9.17, 15) is 18.9 Å². The molecule has 1 unspecified atom stereocenters. The van der Waals surface area contributed by atoms with E-state index < -0.39 is 28.2 Å². The van der Waals surface area contributed by atoms with Crippen LogP contribution in [0.2, 0.25) is 0 Å². The van der Waals surface area contributed by atoms with Gasteiger partial charge in [-0.3, -0.25) is 10.1 Å². The molecule has 6 heteroatoms. The number of hydrogen-bond donors (Lipinski definition) is 1. The van der Waals surface area contributed by atoms with Gasteiger partial charge in [0.15, 0.2) is 0 Å². The van der Waals surface area contributed by atoms with E-state index in [0.717, 1.165) is 12.1 Å². The molecule has 4 nitrogen and oxygen atoms in total. The van der Waals surface area contributed by atoms with Crippen LogP contribution in [0.25, 0.3) is 0 Å². The largest absolute Gasteiger partial charge is 0.330 e. The second kappa shape index (κ2) is 4.31. The minimum absolute atomic E-state index is 0.0228. The van der Waals surface area contributed by atoms with Crippen molar-refractivity contribution in [1.82, 2.24) is 0 Å². The molecule has 0 fully saturated rings. The van der Waals surface area contributed by atoms with Crippen molar-refractivity contribution in [3.63, 3.8) is 0 Å². The third kappa shape index (κ3) is 2.10. The van der Waals surface area contributed by atoms with Crippen molar-refractivity contribution >= 4 is 5.69 Å². The van der Waals surface area contributed by atoms with Crippen LogP contribution in [0.15, 0.2) is 12.1 Å². The molecular weight excluding hydrogens is 206 g/mol. The summed E-state index contributed by atoms with van der Waals surface area (Å²) in [5.41, 5.74) is 4.21. The molecule has 0 radical (unpaired) electrons. The van der Waals surface area contributed by atoms with Gasteiger partial charge in [0.05, 0.1) is 4.92 Å². The van der Waals surface area contributed by atoms with Gasteiger partial charge in [0.2, 0.25) is 5.82 Å². The van der Waals surface area contributed by atoms with Crippen molar-refractivity contribution in [2.45, 2.75) is 12.8 Å². The van der Waals surface area contributed by atoms with E-state index in [2.05, 4.69) is 0 Å². The normalized spacial score (nSPS) is 12.5. The Kier molecular flexibility index (Phi) is 3.31. The summed E-state index contributed by atoms with van der Waals surface area (Å²) in [7, 11) is 0. The molecule has 0 saturated heterocycles. The molecule has 0 aliphatic rings. The molecule has 0 amide bonds. The monoisotopic (exact) mass is 216 g/mol. The molecule has 2 N–H and O–H groups in total. The molecule has 82 valence electrons. The first-order valence-corrected chi connectivity index (χ1v) is 4.31. The zero-order valence-corrected chi connectivity index (χ0v) is 8.04. The average Bonchev–Trinajstić information content (AvgIpc) is 2.16. The van der Waals surface area contributed by atoms with Gasteiger partial charge < -0.3 is 5.73 Å². The fourth-order valence-electron chi connectivity index (χ4n) is 1.27. The Bertz CT molecular complexity index is 396. The molecule has 0 bridgehead atoms. The van der Waals surface area contributed by atoms with E-state index in [4.69, 9.17) is 5.73 Å². The summed E-state index contributed by atoms with van der Waals surface area (Å²) < 4.78 is 26.7. The van der Waals surface area contributed by atoms with Crippen molar-refractivity contribution in [3.8, 4) is 0 Å². The molecule has 1 aromatic carbocycles. The number of rotatable bonds is 3. The average molecular weight is 216 g/mol. The van der Waals surface area contributed by atoms with E-state index in [0.29, 0.717) is 0 Å². The number of benzene rings is 1. The number of halogens is 2. The first-order chi connectivity index (χ1) is 6.99. The van der Waals surface area contributed by atoms with Crippen LogP contribution in [0.3, 0.4) is 0 Å². The van der Waals surface area contributed by atoms with Crippen molar-refractivity contribution < 1.29 is 13.7 Å². The van der Waals surface area contributed by atoms with Crippen LogP contribution in [0, 0.1) is 21.7 Å². The van der Waals surface area contributed by atoms with Gasteiger partial charge in [-0.1, -0.05) is 6.92 Å². The van der Waals surface area contributed by atoms with Gasteiger partial charge in [0.25, 0.3) is 0 Å². The number of nitro groups is 1. The van der Waals surface area contributed by atoms with Gasteiger partial charge in [-0.05, 0) is 18.5 Å². The van der Waals surface area contributed by atoms with E-state index >= 15 is 0 Å². The van der Waals surface area contributed by atoms with Crippen molar-refractivity contribution in [1.29, 1.82) is 0 Å². The van der Waals surface area contributed by atoms with Crippen LogP contribution in [-0.4, -0.2) is 11.5 Å². The van der Waals surface area contributed by atoms with Crippen molar-refractivity contribution in [2.75, 3.05) is 6.54 Å². The first kappa shape index (κ1) is 11.5. The number of hydrogen-bond acceptors (Lipinski definition) is 3. The fourth-order valence-corrected chi connectivity index (χ4v) is 1.27. The molecular formula is C9H10F2N2O2. The lowest BCUT2D eigenvalue weighted by molar-refractivity contribution is -0.387. The van der Waals surface area contributed by atoms with Gasteiger partial charge in [-0.15, -0.1) is 0 Å². The molecule has 15 heavy (non-hydrogen) atoms. The molecule has 1 atom stereocenters. The van der Waals surface area contributed by atoms with Crippen LogP contribution in [0.5, 0.6) is 0 Å². The highest BCUT2D eigenvalue weighted by Gasteiger charge is 2.24. The SMILES string of the molecule is CC(CN)c1c(F)ccc([N+](=O)[O-])c1F. The predicted molar refractivity (Wildman–Crippen MR) is 50.5 cm³/mol. The highest BCUT2D eigenvalue weighted by molar-refractivity contribution is 5.39. The Morgan fingerprint density at radius 1 is 1.53 bits per heavy atom. The van der Waals surface area contributed by atoms with E-state index in [1.807, 2.05) is 0 Å². The summed E-state index contributed by atoms with van der Waals surface area (Å²) in [4.78, 5) is 9.52. The Hall–Kier alpha value is -1.56. The highest BCUT2D eigenvalue weighted by atomic mass is 19.1. The van der Waals surface area contributed by atoms with Crippen LogP contribution < -0.4 is 5.73 Å². The lowest BCUT2D eigenvalue weighted by atomic mass is 9.99. The van der Waals surface area contributed by atoms with Gasteiger partial charge >= 0.3 is 5.69 Å². The third-order valence-electron chi connectivity index (χ3n) is 2.15. The Labute approximate surface area is 84.9 Å². The summed E-state index contributed by atoms with van der Waals surface area (Å²) in [5, 5.41) is 10.4. The second-order valence-corrected chi connectivity index (χ2v) is 3.19. The molecule has 0 aliphatic carbocycles. The minimum atomic E-state index is -1.14. The fraction of sp³-hybridized carbons (Fsp3) is 0.333. The van der Waals surface area contributed by atoms with Crippen LogP contribution in [-0.2, 0) is 0 Å². The summed E-state index contributed by atoms with van der Waals surface area (Å²) >= 11 is 0. The first-order valence-electron chi connectivity index (χ1n) is 4.31. The van der Waals surface area contributed by atoms with Crippen LogP contribution in [0.1, 0.15) is 18.4 Å². The zero-order chi connectivity index (χ0) is 11.6. The molecule has 1 rings (SSSR count). The molecule has 0 heterocycles. The number of nitrogens with two attached hydrogens (primary N) is 1. The number of nitro benzene ring substituents is 1. The Morgan fingerprint density at radius 2 is 2.13 bits per heavy atom. The highest BCUT2D eigenvalue weighted by Crippen LogP contribution is 2.28. The second-order valence-electron chi connectivity index (χ2n) is 3.19. The maximum atomic E-state index is 13.5. The maximum absolute atomic E-state index is 13.5. The summed E-state index contributed by atoms with van der Waals surface area (Å²) in [5.74, 6) is -2.54. The van der Waals surface area contributed by atoms with Gasteiger partial charge in [0, 0.05) is 11.6 Å². The van der Waals surface area contributed by atoms with E-state index in [1.165, 1.54) is 6.92 Å². The Balaban J connectivity index is 3.36. The zero-order valence-electron chi connectivity index (χ0n) is 8.04. The maximum Gasteiger partial charge on any atom is 0.305 e. The van der Waals surface area contributed by atoms with Crippen LogP contribution in [0.4, 0.5) is 14.5 Å². The number of nitrogens with zero attached hydrogens (tertiary/aromatic N) is 1. The lowest BCUT2D eigenvalue weighted by Gasteiger charge is -2.10. The van der Waals surface area contributed by atoms with E-state index in [1.54, 1.807) is 0 Å². The quantitative estimate of drug-likeness (QED) is 0.620. The van der Waals surface area contributed by atoms with Crippen LogP contribution >= 0.6 is 0 Å². The standard InChI is InChI=1S/C9H10F2N2O2/c1-5(4-12)8-6(10)2-3-7(9(8)11)13(14)15/h2-3,5H,4,12H2,1H3. The van der Waals surface area contributed by atoms with Gasteiger partial charge in [0.1, 0.15) is 5.82 Å². The van der Waals surface area contributed by atoms with Gasteiger partial charge in [-0.25, -0.2) is 4.39 Å². The summed E-state index contributed by atoms with van der Waals surface area (Å²) in [6, 6.07) is 1.68.